The molecule has 0 aromatic heterocycles. The topological polar surface area (TPSA) is 84.5 Å². The Morgan fingerprint density at radius 3 is 2.30 bits per heavy atom. The fourth-order valence-corrected chi connectivity index (χ4v) is 2.63. The summed E-state index contributed by atoms with van der Waals surface area (Å²) < 4.78 is 31.4. The average Bonchev–Trinajstić information content (AvgIpc) is 2.42. The Labute approximate surface area is 119 Å². The molecule has 0 saturated carbocycles. The fourth-order valence-electron chi connectivity index (χ4n) is 1.56. The molecule has 6 nitrogen and oxygen atoms in total. The van der Waals surface area contributed by atoms with Crippen LogP contribution in [0, 0.1) is 0 Å². The van der Waals surface area contributed by atoms with Crippen molar-refractivity contribution in [2.75, 3.05) is 20.2 Å². The molecule has 1 aromatic rings. The number of hydrogen-bond donors (Lipinski definition) is 2. The van der Waals surface area contributed by atoms with Crippen LogP contribution in [0.3, 0.4) is 0 Å². The van der Waals surface area contributed by atoms with E-state index in [2.05, 4.69) is 10.0 Å². The van der Waals surface area contributed by atoms with E-state index in [1.54, 1.807) is 12.1 Å². The summed E-state index contributed by atoms with van der Waals surface area (Å²) >= 11 is 0. The largest absolute Gasteiger partial charge is 0.497 e. The third-order valence-corrected chi connectivity index (χ3v) is 4.12. The third-order valence-electron chi connectivity index (χ3n) is 2.64. The Hall–Kier alpha value is -1.60. The molecule has 1 amide bonds. The van der Waals surface area contributed by atoms with Gasteiger partial charge in [0, 0.05) is 20.0 Å². The van der Waals surface area contributed by atoms with Crippen LogP contribution in [0.15, 0.2) is 29.2 Å². The van der Waals surface area contributed by atoms with Crippen molar-refractivity contribution in [1.29, 1.82) is 0 Å². The highest BCUT2D eigenvalue weighted by atomic mass is 32.2. The van der Waals surface area contributed by atoms with Crippen LogP contribution in [-0.2, 0) is 14.8 Å². The molecule has 0 aliphatic rings. The van der Waals surface area contributed by atoms with E-state index in [1.807, 2.05) is 0 Å². The summed E-state index contributed by atoms with van der Waals surface area (Å²) in [4.78, 5) is 10.8. The second-order valence-electron chi connectivity index (χ2n) is 4.26. The van der Waals surface area contributed by atoms with Crippen LogP contribution in [0.5, 0.6) is 5.75 Å². The number of methoxy groups -OCH3 is 1. The highest BCUT2D eigenvalue weighted by molar-refractivity contribution is 7.89. The SMILES string of the molecule is COc1ccc(S(=O)(=O)NCCCCNC(C)=O)cc1. The fraction of sp³-hybridized carbons (Fsp3) is 0.462. The van der Waals surface area contributed by atoms with Crippen molar-refractivity contribution in [1.82, 2.24) is 10.0 Å². The van der Waals surface area contributed by atoms with Crippen molar-refractivity contribution < 1.29 is 17.9 Å². The van der Waals surface area contributed by atoms with Gasteiger partial charge in [-0.15, -0.1) is 0 Å². The van der Waals surface area contributed by atoms with Crippen LogP contribution < -0.4 is 14.8 Å². The van der Waals surface area contributed by atoms with Gasteiger partial charge in [-0.3, -0.25) is 4.79 Å². The maximum Gasteiger partial charge on any atom is 0.240 e. The van der Waals surface area contributed by atoms with E-state index >= 15 is 0 Å². The molecule has 7 heteroatoms. The minimum absolute atomic E-state index is 0.0798. The molecule has 0 atom stereocenters. The number of nitrogens with one attached hydrogen (secondary N) is 2. The summed E-state index contributed by atoms with van der Waals surface area (Å²) in [5.74, 6) is 0.531. The first-order chi connectivity index (χ1) is 9.45. The normalized spacial score (nSPS) is 11.1. The average molecular weight is 300 g/mol. The zero-order valence-electron chi connectivity index (χ0n) is 11.7. The van der Waals surface area contributed by atoms with Crippen LogP contribution >= 0.6 is 0 Å². The Morgan fingerprint density at radius 2 is 1.75 bits per heavy atom. The van der Waals surface area contributed by atoms with Crippen molar-refractivity contribution in [3.8, 4) is 5.75 Å². The summed E-state index contributed by atoms with van der Waals surface area (Å²) in [7, 11) is -1.96. The predicted octanol–water partition coefficient (Wildman–Crippen LogP) is 0.890. The molecule has 0 saturated heterocycles. The molecule has 0 aliphatic carbocycles. The second-order valence-corrected chi connectivity index (χ2v) is 6.03. The molecule has 0 unspecified atom stereocenters. The second kappa shape index (κ2) is 7.86. The number of amides is 1. The maximum absolute atomic E-state index is 12.0. The van der Waals surface area contributed by atoms with Crippen LogP contribution in [0.2, 0.25) is 0 Å². The van der Waals surface area contributed by atoms with Gasteiger partial charge in [-0.25, -0.2) is 13.1 Å². The van der Waals surface area contributed by atoms with E-state index in [-0.39, 0.29) is 10.8 Å². The molecule has 0 bridgehead atoms. The van der Waals surface area contributed by atoms with Crippen molar-refractivity contribution >= 4 is 15.9 Å². The van der Waals surface area contributed by atoms with Gasteiger partial charge in [0.25, 0.3) is 0 Å². The van der Waals surface area contributed by atoms with E-state index < -0.39 is 10.0 Å². The monoisotopic (exact) mass is 300 g/mol. The lowest BCUT2D eigenvalue weighted by Crippen LogP contribution is -2.26. The zero-order chi connectivity index (χ0) is 15.0. The first kappa shape index (κ1) is 16.5. The van der Waals surface area contributed by atoms with Crippen molar-refractivity contribution in [3.63, 3.8) is 0 Å². The molecule has 1 rings (SSSR count). The Kier molecular flexibility index (Phi) is 6.47. The molecule has 2 N–H and O–H groups in total. The molecular weight excluding hydrogens is 280 g/mol. The van der Waals surface area contributed by atoms with Crippen LogP contribution in [-0.4, -0.2) is 34.5 Å². The lowest BCUT2D eigenvalue weighted by atomic mass is 10.3. The van der Waals surface area contributed by atoms with Gasteiger partial charge in [0.1, 0.15) is 5.75 Å². The lowest BCUT2D eigenvalue weighted by Gasteiger charge is -2.07. The van der Waals surface area contributed by atoms with Crippen molar-refractivity contribution in [2.24, 2.45) is 0 Å². The molecule has 20 heavy (non-hydrogen) atoms. The number of hydrogen-bond acceptors (Lipinski definition) is 4. The van der Waals surface area contributed by atoms with Crippen LogP contribution in [0.25, 0.3) is 0 Å². The minimum Gasteiger partial charge on any atom is -0.497 e. The summed E-state index contributed by atoms with van der Waals surface area (Å²) in [5.41, 5.74) is 0. The van der Waals surface area contributed by atoms with Gasteiger partial charge in [0.05, 0.1) is 12.0 Å². The molecular formula is C13H20N2O4S. The number of unbranched alkanes of at least 4 members (excludes halogenated alkanes) is 1. The van der Waals surface area contributed by atoms with Gasteiger partial charge in [0.15, 0.2) is 0 Å². The number of sulfonamides is 1. The predicted molar refractivity (Wildman–Crippen MR) is 76.1 cm³/mol. The lowest BCUT2D eigenvalue weighted by molar-refractivity contribution is -0.118. The highest BCUT2D eigenvalue weighted by Gasteiger charge is 2.12. The summed E-state index contributed by atoms with van der Waals surface area (Å²) in [6.07, 6.45) is 1.39. The first-order valence-electron chi connectivity index (χ1n) is 6.34. The first-order valence-corrected chi connectivity index (χ1v) is 7.82. The number of rotatable bonds is 8. The molecule has 0 heterocycles. The van der Waals surface area contributed by atoms with Crippen molar-refractivity contribution in [2.45, 2.75) is 24.7 Å². The molecule has 0 spiro atoms. The van der Waals surface area contributed by atoms with Gasteiger partial charge in [-0.1, -0.05) is 0 Å². The van der Waals surface area contributed by atoms with Gasteiger partial charge < -0.3 is 10.1 Å². The minimum atomic E-state index is -3.48. The molecule has 0 radical (unpaired) electrons. The number of carbonyl (C=O) groups excluding carboxylic acids is 1. The van der Waals surface area contributed by atoms with Gasteiger partial charge in [-0.05, 0) is 37.1 Å². The van der Waals surface area contributed by atoms with E-state index in [0.717, 1.165) is 6.42 Å². The van der Waals surface area contributed by atoms with E-state index in [9.17, 15) is 13.2 Å². The van der Waals surface area contributed by atoms with Gasteiger partial charge in [0.2, 0.25) is 15.9 Å². The molecule has 0 fully saturated rings. The Morgan fingerprint density at radius 1 is 1.15 bits per heavy atom. The number of carbonyl (C=O) groups is 1. The Balaban J connectivity index is 2.39. The molecule has 112 valence electrons. The smallest absolute Gasteiger partial charge is 0.240 e. The molecule has 1 aromatic carbocycles. The van der Waals surface area contributed by atoms with Crippen LogP contribution in [0.1, 0.15) is 19.8 Å². The van der Waals surface area contributed by atoms with Crippen molar-refractivity contribution in [3.05, 3.63) is 24.3 Å². The summed E-state index contributed by atoms with van der Waals surface area (Å²) in [5, 5.41) is 2.66. The van der Waals surface area contributed by atoms with Gasteiger partial charge >= 0.3 is 0 Å². The quantitative estimate of drug-likeness (QED) is 0.698. The summed E-state index contributed by atoms with van der Waals surface area (Å²) in [6, 6.07) is 6.20. The van der Waals surface area contributed by atoms with E-state index in [4.69, 9.17) is 4.74 Å². The standard InChI is InChI=1S/C13H20N2O4S/c1-11(16)14-9-3-4-10-15-20(17,18)13-7-5-12(19-2)6-8-13/h5-8,15H,3-4,9-10H2,1-2H3,(H,14,16). The highest BCUT2D eigenvalue weighted by Crippen LogP contribution is 2.15. The number of benzene rings is 1. The zero-order valence-corrected chi connectivity index (χ0v) is 12.5. The summed E-state index contributed by atoms with van der Waals surface area (Å²) in [6.45, 7) is 2.35. The van der Waals surface area contributed by atoms with E-state index in [0.29, 0.717) is 25.3 Å². The number of ether oxygens (including phenoxy) is 1. The van der Waals surface area contributed by atoms with E-state index in [1.165, 1.54) is 26.2 Å². The Bertz CT molecular complexity index is 526. The van der Waals surface area contributed by atoms with Crippen LogP contribution in [0.4, 0.5) is 0 Å². The maximum atomic E-state index is 12.0. The molecule has 0 aliphatic heterocycles. The third kappa shape index (κ3) is 5.58. The van der Waals surface area contributed by atoms with Gasteiger partial charge in [-0.2, -0.15) is 0 Å².